The number of benzene rings is 2. The number of carbonyl (C=O) groups excluding carboxylic acids is 2. The lowest BCUT2D eigenvalue weighted by Gasteiger charge is -2.17. The number of amides is 2. The molecule has 2 aromatic rings. The van der Waals surface area contributed by atoms with Crippen molar-refractivity contribution in [2.24, 2.45) is 5.92 Å². The van der Waals surface area contributed by atoms with Gasteiger partial charge in [-0.3, -0.25) is 19.1 Å². The van der Waals surface area contributed by atoms with Crippen molar-refractivity contribution in [2.45, 2.75) is 11.3 Å². The van der Waals surface area contributed by atoms with Crippen molar-refractivity contribution < 1.29 is 33.0 Å². The standard InChI is InChI=1S/C19H19N3O7S/c23-11-17(24)20-13-2-1-3-14(9-13)21-30(28,29)16-6-4-15(5-7-16)22-10-12(19(26)27)8-18(22)25/h1-7,9,12,21,23H,8,10-11H2,(H,20,24)(H,26,27). The van der Waals surface area contributed by atoms with E-state index in [4.69, 9.17) is 10.2 Å². The number of aliphatic hydroxyl groups excluding tert-OH is 1. The number of nitrogens with one attached hydrogen (secondary N) is 2. The van der Waals surface area contributed by atoms with E-state index in [0.29, 0.717) is 11.4 Å². The van der Waals surface area contributed by atoms with Gasteiger partial charge in [-0.15, -0.1) is 0 Å². The fraction of sp³-hybridized carbons (Fsp3) is 0.211. The third-order valence-corrected chi connectivity index (χ3v) is 5.87. The molecule has 1 aliphatic rings. The Morgan fingerprint density at radius 1 is 1.10 bits per heavy atom. The normalized spacial score (nSPS) is 16.4. The molecule has 0 saturated carbocycles. The molecule has 0 aliphatic carbocycles. The van der Waals surface area contributed by atoms with Crippen LogP contribution in [0.15, 0.2) is 53.4 Å². The Hall–Kier alpha value is -3.44. The highest BCUT2D eigenvalue weighted by molar-refractivity contribution is 7.92. The molecule has 30 heavy (non-hydrogen) atoms. The molecular formula is C19H19N3O7S. The Labute approximate surface area is 172 Å². The van der Waals surface area contributed by atoms with E-state index in [9.17, 15) is 22.8 Å². The summed E-state index contributed by atoms with van der Waals surface area (Å²) in [6, 6.07) is 11.5. The summed E-state index contributed by atoms with van der Waals surface area (Å²) in [6.07, 6.45) is -0.0971. The number of hydrogen-bond acceptors (Lipinski definition) is 6. The van der Waals surface area contributed by atoms with Gasteiger partial charge in [0.15, 0.2) is 0 Å². The molecule has 1 heterocycles. The van der Waals surface area contributed by atoms with Crippen LogP contribution in [0, 0.1) is 5.92 Å². The number of carbonyl (C=O) groups is 3. The number of carboxylic acid groups (broad SMARTS) is 1. The molecule has 0 spiro atoms. The summed E-state index contributed by atoms with van der Waals surface area (Å²) >= 11 is 0. The van der Waals surface area contributed by atoms with Crippen molar-refractivity contribution in [1.29, 1.82) is 0 Å². The van der Waals surface area contributed by atoms with E-state index >= 15 is 0 Å². The highest BCUT2D eigenvalue weighted by Crippen LogP contribution is 2.27. The quantitative estimate of drug-likeness (QED) is 0.505. The van der Waals surface area contributed by atoms with Gasteiger partial charge in [-0.1, -0.05) is 6.07 Å². The van der Waals surface area contributed by atoms with E-state index in [1.54, 1.807) is 0 Å². The number of aliphatic hydroxyl groups is 1. The highest BCUT2D eigenvalue weighted by atomic mass is 32.2. The molecule has 0 aromatic heterocycles. The molecule has 2 amide bonds. The molecule has 1 fully saturated rings. The fourth-order valence-electron chi connectivity index (χ4n) is 3.00. The molecule has 1 saturated heterocycles. The number of aliphatic carboxylic acids is 1. The molecule has 0 bridgehead atoms. The van der Waals surface area contributed by atoms with Crippen molar-refractivity contribution in [3.05, 3.63) is 48.5 Å². The minimum atomic E-state index is -3.95. The Balaban J connectivity index is 1.74. The summed E-state index contributed by atoms with van der Waals surface area (Å²) in [4.78, 5) is 35.6. The minimum Gasteiger partial charge on any atom is -0.481 e. The monoisotopic (exact) mass is 433 g/mol. The van der Waals surface area contributed by atoms with Gasteiger partial charge in [-0.2, -0.15) is 0 Å². The van der Waals surface area contributed by atoms with Crippen LogP contribution in [0.4, 0.5) is 17.1 Å². The third-order valence-electron chi connectivity index (χ3n) is 4.48. The molecule has 4 N–H and O–H groups in total. The van der Waals surface area contributed by atoms with Gasteiger partial charge in [0.25, 0.3) is 10.0 Å². The zero-order valence-corrected chi connectivity index (χ0v) is 16.4. The van der Waals surface area contributed by atoms with Crippen molar-refractivity contribution in [3.63, 3.8) is 0 Å². The zero-order chi connectivity index (χ0) is 21.9. The van der Waals surface area contributed by atoms with Gasteiger partial charge < -0.3 is 20.4 Å². The lowest BCUT2D eigenvalue weighted by atomic mass is 10.1. The predicted octanol–water partition coefficient (Wildman–Crippen LogP) is 0.856. The molecule has 3 rings (SSSR count). The fourth-order valence-corrected chi connectivity index (χ4v) is 4.05. The largest absolute Gasteiger partial charge is 0.481 e. The summed E-state index contributed by atoms with van der Waals surface area (Å²) in [6.45, 7) is -0.667. The van der Waals surface area contributed by atoms with Gasteiger partial charge in [-0.05, 0) is 42.5 Å². The van der Waals surface area contributed by atoms with E-state index in [0.717, 1.165) is 0 Å². The van der Waals surface area contributed by atoms with E-state index in [2.05, 4.69) is 10.0 Å². The van der Waals surface area contributed by atoms with Gasteiger partial charge in [0.1, 0.15) is 6.61 Å². The summed E-state index contributed by atoms with van der Waals surface area (Å²) in [5, 5.41) is 20.3. The minimum absolute atomic E-state index is 0.0326. The zero-order valence-electron chi connectivity index (χ0n) is 15.6. The van der Waals surface area contributed by atoms with Gasteiger partial charge >= 0.3 is 5.97 Å². The van der Waals surface area contributed by atoms with E-state index in [-0.39, 0.29) is 29.5 Å². The SMILES string of the molecule is O=C(CO)Nc1cccc(NS(=O)(=O)c2ccc(N3CC(C(=O)O)CC3=O)cc2)c1. The predicted molar refractivity (Wildman–Crippen MR) is 108 cm³/mol. The van der Waals surface area contributed by atoms with Crippen molar-refractivity contribution in [1.82, 2.24) is 0 Å². The van der Waals surface area contributed by atoms with E-state index in [1.807, 2.05) is 0 Å². The second-order valence-corrected chi connectivity index (χ2v) is 8.31. The van der Waals surface area contributed by atoms with Crippen LogP contribution >= 0.6 is 0 Å². The van der Waals surface area contributed by atoms with Crippen LogP contribution in [0.2, 0.25) is 0 Å². The van der Waals surface area contributed by atoms with Gasteiger partial charge in [0.2, 0.25) is 11.8 Å². The Morgan fingerprint density at radius 2 is 1.77 bits per heavy atom. The van der Waals surface area contributed by atoms with Gasteiger partial charge in [0, 0.05) is 24.3 Å². The third kappa shape index (κ3) is 4.75. The Kier molecular flexibility index (Phi) is 6.04. The molecule has 1 aliphatic heterocycles. The van der Waals surface area contributed by atoms with Crippen LogP contribution in [0.3, 0.4) is 0 Å². The van der Waals surface area contributed by atoms with E-state index in [1.165, 1.54) is 53.4 Å². The van der Waals surface area contributed by atoms with Gasteiger partial charge in [-0.25, -0.2) is 8.42 Å². The molecule has 11 heteroatoms. The number of nitrogens with zero attached hydrogens (tertiary/aromatic N) is 1. The maximum absolute atomic E-state index is 12.6. The smallest absolute Gasteiger partial charge is 0.308 e. The Morgan fingerprint density at radius 3 is 2.37 bits per heavy atom. The summed E-state index contributed by atoms with van der Waals surface area (Å²) in [7, 11) is -3.95. The number of hydrogen-bond donors (Lipinski definition) is 4. The first-order valence-corrected chi connectivity index (χ1v) is 10.3. The molecule has 10 nitrogen and oxygen atoms in total. The molecule has 0 radical (unpaired) electrons. The van der Waals surface area contributed by atoms with E-state index < -0.39 is 34.4 Å². The number of rotatable bonds is 7. The van der Waals surface area contributed by atoms with Crippen molar-refractivity contribution in [3.8, 4) is 0 Å². The molecule has 1 unspecified atom stereocenters. The second-order valence-electron chi connectivity index (χ2n) is 6.63. The maximum atomic E-state index is 12.6. The summed E-state index contributed by atoms with van der Waals surface area (Å²) < 4.78 is 27.7. The maximum Gasteiger partial charge on any atom is 0.308 e. The molecule has 1 atom stereocenters. The number of sulfonamides is 1. The molecular weight excluding hydrogens is 414 g/mol. The lowest BCUT2D eigenvalue weighted by molar-refractivity contribution is -0.141. The lowest BCUT2D eigenvalue weighted by Crippen LogP contribution is -2.25. The molecule has 158 valence electrons. The molecule has 2 aromatic carbocycles. The van der Waals surface area contributed by atoms with Crippen LogP contribution in [0.1, 0.15) is 6.42 Å². The first-order chi connectivity index (χ1) is 14.2. The second kappa shape index (κ2) is 8.51. The Bertz CT molecular complexity index is 1080. The summed E-state index contributed by atoms with van der Waals surface area (Å²) in [5.41, 5.74) is 0.926. The van der Waals surface area contributed by atoms with Crippen molar-refractivity contribution >= 4 is 44.9 Å². The van der Waals surface area contributed by atoms with Crippen LogP contribution in [-0.2, 0) is 24.4 Å². The average molecular weight is 433 g/mol. The first kappa shape index (κ1) is 21.3. The van der Waals surface area contributed by atoms with Gasteiger partial charge in [0.05, 0.1) is 16.5 Å². The highest BCUT2D eigenvalue weighted by Gasteiger charge is 2.35. The van der Waals surface area contributed by atoms with Crippen LogP contribution in [-0.4, -0.2) is 49.6 Å². The topological polar surface area (TPSA) is 153 Å². The number of carboxylic acids is 1. The van der Waals surface area contributed by atoms with Crippen molar-refractivity contribution in [2.75, 3.05) is 28.1 Å². The average Bonchev–Trinajstić information content (AvgIpc) is 3.10. The first-order valence-electron chi connectivity index (χ1n) is 8.86. The van der Waals surface area contributed by atoms with Crippen LogP contribution < -0.4 is 14.9 Å². The van der Waals surface area contributed by atoms with Crippen LogP contribution in [0.5, 0.6) is 0 Å². The number of anilines is 3. The van der Waals surface area contributed by atoms with Crippen LogP contribution in [0.25, 0.3) is 0 Å². The summed E-state index contributed by atoms with van der Waals surface area (Å²) in [5.74, 6) is -2.81.